The summed E-state index contributed by atoms with van der Waals surface area (Å²) in [6, 6.07) is 6.80. The number of rotatable bonds is 6. The molecule has 1 aliphatic rings. The summed E-state index contributed by atoms with van der Waals surface area (Å²) in [4.78, 5) is 14.9. The van der Waals surface area contributed by atoms with Gasteiger partial charge in [0.15, 0.2) is 0 Å². The molecular formula is C16H25N3O3S. The van der Waals surface area contributed by atoms with E-state index in [2.05, 4.69) is 21.9 Å². The number of nitrogens with one attached hydrogen (secondary N) is 2. The summed E-state index contributed by atoms with van der Waals surface area (Å²) in [5, 5.41) is 3.02. The average Bonchev–Trinajstić information content (AvgIpc) is 2.48. The lowest BCUT2D eigenvalue weighted by Gasteiger charge is -2.32. The number of hydrogen-bond acceptors (Lipinski definition) is 4. The van der Waals surface area contributed by atoms with Gasteiger partial charge in [-0.25, -0.2) is 8.42 Å². The Kier molecular flexibility index (Phi) is 6.01. The van der Waals surface area contributed by atoms with Gasteiger partial charge in [-0.3, -0.25) is 9.52 Å². The van der Waals surface area contributed by atoms with Crippen LogP contribution in [-0.2, 0) is 10.0 Å². The Morgan fingerprint density at radius 3 is 2.52 bits per heavy atom. The van der Waals surface area contributed by atoms with Crippen LogP contribution >= 0.6 is 0 Å². The molecule has 2 N–H and O–H groups in total. The quantitative estimate of drug-likeness (QED) is 0.826. The van der Waals surface area contributed by atoms with Crippen LogP contribution in [0.4, 0.5) is 5.69 Å². The van der Waals surface area contributed by atoms with Crippen LogP contribution in [0.2, 0.25) is 0 Å². The number of hydrogen-bond donors (Lipinski definition) is 2. The highest BCUT2D eigenvalue weighted by Crippen LogP contribution is 2.18. The molecule has 0 unspecified atom stereocenters. The van der Waals surface area contributed by atoms with Gasteiger partial charge in [0, 0.05) is 19.1 Å². The molecule has 0 aliphatic carbocycles. The Balaban J connectivity index is 1.99. The smallest absolute Gasteiger partial charge is 0.253 e. The molecule has 0 aromatic heterocycles. The Bertz CT molecular complexity index is 638. The zero-order valence-electron chi connectivity index (χ0n) is 13.7. The molecule has 0 saturated carbocycles. The van der Waals surface area contributed by atoms with Crippen LogP contribution in [-0.4, -0.2) is 51.2 Å². The summed E-state index contributed by atoms with van der Waals surface area (Å²) < 4.78 is 25.2. The van der Waals surface area contributed by atoms with E-state index in [1.54, 1.807) is 24.3 Å². The van der Waals surface area contributed by atoms with Gasteiger partial charge in [-0.05, 0) is 37.9 Å². The van der Waals surface area contributed by atoms with Gasteiger partial charge in [-0.1, -0.05) is 19.1 Å². The first-order chi connectivity index (χ1) is 10.9. The van der Waals surface area contributed by atoms with E-state index >= 15 is 0 Å². The minimum absolute atomic E-state index is 0.141. The van der Waals surface area contributed by atoms with Crippen molar-refractivity contribution in [1.82, 2.24) is 10.2 Å². The van der Waals surface area contributed by atoms with E-state index in [1.165, 1.54) is 0 Å². The first kappa shape index (κ1) is 17.7. The third-order valence-corrected chi connectivity index (χ3v) is 4.52. The van der Waals surface area contributed by atoms with Crippen LogP contribution < -0.4 is 10.0 Å². The molecule has 1 aromatic carbocycles. The van der Waals surface area contributed by atoms with Gasteiger partial charge in [-0.15, -0.1) is 0 Å². The van der Waals surface area contributed by atoms with E-state index in [-0.39, 0.29) is 11.9 Å². The lowest BCUT2D eigenvalue weighted by Crippen LogP contribution is -2.44. The van der Waals surface area contributed by atoms with Gasteiger partial charge in [0.25, 0.3) is 5.91 Å². The normalized spacial score (nSPS) is 17.0. The van der Waals surface area contributed by atoms with Crippen molar-refractivity contribution in [1.29, 1.82) is 0 Å². The van der Waals surface area contributed by atoms with Crippen molar-refractivity contribution in [3.8, 4) is 0 Å². The topological polar surface area (TPSA) is 78.5 Å². The number of piperidine rings is 1. The van der Waals surface area contributed by atoms with Crippen LogP contribution in [0.1, 0.15) is 36.5 Å². The zero-order valence-corrected chi connectivity index (χ0v) is 14.5. The van der Waals surface area contributed by atoms with E-state index < -0.39 is 10.0 Å². The molecule has 0 radical (unpaired) electrons. The summed E-state index contributed by atoms with van der Waals surface area (Å²) in [6.45, 7) is 5.24. The van der Waals surface area contributed by atoms with Gasteiger partial charge < -0.3 is 10.2 Å². The number of sulfonamides is 1. The molecule has 1 amide bonds. The predicted molar refractivity (Wildman–Crippen MR) is 92.1 cm³/mol. The number of carbonyl (C=O) groups is 1. The fourth-order valence-corrected chi connectivity index (χ4v) is 3.43. The lowest BCUT2D eigenvalue weighted by atomic mass is 10.0. The number of anilines is 1. The average molecular weight is 339 g/mol. The zero-order chi connectivity index (χ0) is 16.9. The molecule has 6 nitrogen and oxygen atoms in total. The second-order valence-electron chi connectivity index (χ2n) is 6.01. The van der Waals surface area contributed by atoms with E-state index in [9.17, 15) is 13.2 Å². The lowest BCUT2D eigenvalue weighted by molar-refractivity contribution is 0.0912. The van der Waals surface area contributed by atoms with Gasteiger partial charge in [0.1, 0.15) is 0 Å². The molecule has 128 valence electrons. The van der Waals surface area contributed by atoms with E-state index in [0.29, 0.717) is 11.3 Å². The molecular weight excluding hydrogens is 314 g/mol. The molecule has 23 heavy (non-hydrogen) atoms. The van der Waals surface area contributed by atoms with Gasteiger partial charge in [-0.2, -0.15) is 0 Å². The minimum atomic E-state index is -3.42. The Morgan fingerprint density at radius 1 is 1.26 bits per heavy atom. The SMILES string of the molecule is CCCN1CCC(NC(=O)c2ccccc2NS(C)(=O)=O)CC1. The molecule has 1 heterocycles. The minimum Gasteiger partial charge on any atom is -0.349 e. The summed E-state index contributed by atoms with van der Waals surface area (Å²) in [6.07, 6.45) is 4.06. The molecule has 0 spiro atoms. The fraction of sp³-hybridized carbons (Fsp3) is 0.562. The third kappa shape index (κ3) is 5.51. The highest BCUT2D eigenvalue weighted by atomic mass is 32.2. The maximum absolute atomic E-state index is 12.5. The summed E-state index contributed by atoms with van der Waals surface area (Å²) in [5.74, 6) is -0.231. The Hall–Kier alpha value is -1.60. The van der Waals surface area contributed by atoms with Gasteiger partial charge >= 0.3 is 0 Å². The van der Waals surface area contributed by atoms with E-state index in [0.717, 1.165) is 45.2 Å². The van der Waals surface area contributed by atoms with Gasteiger partial charge in [0.2, 0.25) is 10.0 Å². The van der Waals surface area contributed by atoms with Gasteiger partial charge in [0.05, 0.1) is 17.5 Å². The molecule has 7 heteroatoms. The monoisotopic (exact) mass is 339 g/mol. The molecule has 1 saturated heterocycles. The summed E-state index contributed by atoms with van der Waals surface area (Å²) >= 11 is 0. The molecule has 0 bridgehead atoms. The molecule has 0 atom stereocenters. The second kappa shape index (κ2) is 7.79. The number of para-hydroxylation sites is 1. The van der Waals surface area contributed by atoms with Crippen LogP contribution in [0, 0.1) is 0 Å². The standard InChI is InChI=1S/C16H25N3O3S/c1-3-10-19-11-8-13(9-12-19)17-16(20)14-6-4-5-7-15(14)18-23(2,21)22/h4-7,13,18H,3,8-12H2,1-2H3,(H,17,20). The number of benzene rings is 1. The molecule has 2 rings (SSSR count). The molecule has 1 aliphatic heterocycles. The van der Waals surface area contributed by atoms with Crippen molar-refractivity contribution < 1.29 is 13.2 Å². The van der Waals surface area contributed by atoms with Crippen molar-refractivity contribution >= 4 is 21.6 Å². The van der Waals surface area contributed by atoms with Crippen molar-refractivity contribution in [3.63, 3.8) is 0 Å². The van der Waals surface area contributed by atoms with Crippen molar-refractivity contribution in [2.45, 2.75) is 32.2 Å². The van der Waals surface area contributed by atoms with Crippen LogP contribution in [0.25, 0.3) is 0 Å². The molecule has 1 fully saturated rings. The predicted octanol–water partition coefficient (Wildman–Crippen LogP) is 1.66. The highest BCUT2D eigenvalue weighted by molar-refractivity contribution is 7.92. The van der Waals surface area contributed by atoms with Crippen LogP contribution in [0.15, 0.2) is 24.3 Å². The number of amides is 1. The first-order valence-electron chi connectivity index (χ1n) is 7.99. The second-order valence-corrected chi connectivity index (χ2v) is 7.76. The number of carbonyl (C=O) groups excluding carboxylic acids is 1. The van der Waals surface area contributed by atoms with Crippen LogP contribution in [0.5, 0.6) is 0 Å². The van der Waals surface area contributed by atoms with Crippen molar-refractivity contribution in [2.75, 3.05) is 30.6 Å². The van der Waals surface area contributed by atoms with Crippen molar-refractivity contribution in [2.24, 2.45) is 0 Å². The summed E-state index contributed by atoms with van der Waals surface area (Å²) in [5.41, 5.74) is 0.671. The van der Waals surface area contributed by atoms with Crippen molar-refractivity contribution in [3.05, 3.63) is 29.8 Å². The summed E-state index contributed by atoms with van der Waals surface area (Å²) in [7, 11) is -3.42. The largest absolute Gasteiger partial charge is 0.349 e. The number of nitrogens with zero attached hydrogens (tertiary/aromatic N) is 1. The third-order valence-electron chi connectivity index (χ3n) is 3.93. The van der Waals surface area contributed by atoms with Crippen LogP contribution in [0.3, 0.4) is 0 Å². The maximum Gasteiger partial charge on any atom is 0.253 e. The number of likely N-dealkylation sites (tertiary alicyclic amines) is 1. The molecule has 1 aromatic rings. The highest BCUT2D eigenvalue weighted by Gasteiger charge is 2.22. The van der Waals surface area contributed by atoms with E-state index in [4.69, 9.17) is 0 Å². The Morgan fingerprint density at radius 2 is 1.91 bits per heavy atom. The van der Waals surface area contributed by atoms with E-state index in [1.807, 2.05) is 0 Å². The maximum atomic E-state index is 12.5. The first-order valence-corrected chi connectivity index (χ1v) is 9.88. The Labute approximate surface area is 138 Å². The fourth-order valence-electron chi connectivity index (χ4n) is 2.85.